The first kappa shape index (κ1) is 10.4. The van der Waals surface area contributed by atoms with E-state index in [1.807, 2.05) is 11.8 Å². The smallest absolute Gasteiger partial charge is 0.0982 e. The summed E-state index contributed by atoms with van der Waals surface area (Å²) in [7, 11) is 0. The van der Waals surface area contributed by atoms with Gasteiger partial charge in [0.25, 0.3) is 0 Å². The van der Waals surface area contributed by atoms with Crippen molar-refractivity contribution >= 4 is 16.8 Å². The third-order valence-corrected chi connectivity index (χ3v) is 4.80. The molecule has 1 fully saturated rings. The summed E-state index contributed by atoms with van der Waals surface area (Å²) in [5.74, 6) is 0. The summed E-state index contributed by atoms with van der Waals surface area (Å²) in [5, 5.41) is 2.11. The number of aryl methyl sites for hydroxylation is 1. The van der Waals surface area contributed by atoms with Gasteiger partial charge in [-0.3, -0.25) is 4.99 Å². The highest BCUT2D eigenvalue weighted by molar-refractivity contribution is 8.15. The lowest BCUT2D eigenvalue weighted by molar-refractivity contribution is 0.450. The third-order valence-electron chi connectivity index (χ3n) is 3.48. The van der Waals surface area contributed by atoms with Gasteiger partial charge in [-0.05, 0) is 26.2 Å². The average molecular weight is 231 g/mol. The highest BCUT2D eigenvalue weighted by atomic mass is 32.2. The monoisotopic (exact) mass is 231 g/mol. The molecule has 0 saturated heterocycles. The van der Waals surface area contributed by atoms with Gasteiger partial charge in [-0.2, -0.15) is 0 Å². The van der Waals surface area contributed by atoms with E-state index in [9.17, 15) is 0 Å². The van der Waals surface area contributed by atoms with Crippen LogP contribution in [0.25, 0.3) is 0 Å². The van der Waals surface area contributed by atoms with Crippen molar-refractivity contribution in [2.75, 3.05) is 0 Å². The van der Waals surface area contributed by atoms with Gasteiger partial charge < -0.3 is 0 Å². The van der Waals surface area contributed by atoms with E-state index in [4.69, 9.17) is 4.99 Å². The van der Waals surface area contributed by atoms with Gasteiger partial charge >= 0.3 is 0 Å². The van der Waals surface area contributed by atoms with Crippen molar-refractivity contribution in [3.63, 3.8) is 0 Å². The van der Waals surface area contributed by atoms with Gasteiger partial charge in [0.05, 0.1) is 11.1 Å². The molecule has 1 aliphatic heterocycles. The Morgan fingerprint density at radius 1 is 1.19 bits per heavy atom. The van der Waals surface area contributed by atoms with Crippen LogP contribution in [0, 0.1) is 6.92 Å². The molecule has 2 bridgehead atoms. The summed E-state index contributed by atoms with van der Waals surface area (Å²) in [4.78, 5) is 4.88. The molecule has 1 aliphatic carbocycles. The van der Waals surface area contributed by atoms with Crippen LogP contribution in [0.15, 0.2) is 29.3 Å². The summed E-state index contributed by atoms with van der Waals surface area (Å²) in [6.45, 7) is 2.13. The first-order chi connectivity index (χ1) is 7.81. The summed E-state index contributed by atoms with van der Waals surface area (Å²) < 4.78 is 0. The van der Waals surface area contributed by atoms with E-state index in [1.54, 1.807) is 0 Å². The van der Waals surface area contributed by atoms with Crippen LogP contribution >= 0.6 is 11.8 Å². The molecule has 1 aromatic carbocycles. The van der Waals surface area contributed by atoms with E-state index in [-0.39, 0.29) is 0 Å². The number of hydrogen-bond donors (Lipinski definition) is 0. The molecular weight excluding hydrogens is 214 g/mol. The van der Waals surface area contributed by atoms with Crippen LogP contribution in [0.4, 0.5) is 0 Å². The van der Waals surface area contributed by atoms with E-state index in [0.29, 0.717) is 6.04 Å². The zero-order valence-electron chi connectivity index (χ0n) is 9.65. The minimum absolute atomic E-state index is 0.608. The molecule has 16 heavy (non-hydrogen) atoms. The quantitative estimate of drug-likeness (QED) is 0.716. The van der Waals surface area contributed by atoms with Crippen LogP contribution in [0.2, 0.25) is 0 Å². The summed E-state index contributed by atoms with van der Waals surface area (Å²) in [6.07, 6.45) is 5.35. The standard InChI is InChI=1S/C14H17NS/c1-10-5-7-11(8-6-10)14-15-12-3-2-4-13(9-12)16-14/h5-8,12-13H,2-4,9H2,1H3. The topological polar surface area (TPSA) is 12.4 Å². The molecule has 1 aromatic rings. The lowest BCUT2D eigenvalue weighted by atomic mass is 9.95. The fourth-order valence-electron chi connectivity index (χ4n) is 2.54. The second-order valence-electron chi connectivity index (χ2n) is 4.86. The summed E-state index contributed by atoms with van der Waals surface area (Å²) >= 11 is 2.00. The van der Waals surface area contributed by atoms with E-state index in [1.165, 1.54) is 41.9 Å². The summed E-state index contributed by atoms with van der Waals surface area (Å²) in [6, 6.07) is 9.40. The van der Waals surface area contributed by atoms with Crippen molar-refractivity contribution in [1.29, 1.82) is 0 Å². The Hall–Kier alpha value is -0.760. The van der Waals surface area contributed by atoms with Gasteiger partial charge in [0.1, 0.15) is 0 Å². The molecule has 1 heterocycles. The number of benzene rings is 1. The number of rotatable bonds is 1. The van der Waals surface area contributed by atoms with Crippen LogP contribution in [-0.4, -0.2) is 16.3 Å². The maximum Gasteiger partial charge on any atom is 0.0982 e. The molecule has 2 heteroatoms. The Morgan fingerprint density at radius 2 is 2.00 bits per heavy atom. The highest BCUT2D eigenvalue weighted by Gasteiger charge is 2.28. The van der Waals surface area contributed by atoms with E-state index < -0.39 is 0 Å². The largest absolute Gasteiger partial charge is 0.274 e. The van der Waals surface area contributed by atoms with Crippen LogP contribution in [0.1, 0.15) is 36.8 Å². The lowest BCUT2D eigenvalue weighted by Crippen LogP contribution is -2.27. The third kappa shape index (κ3) is 2.03. The van der Waals surface area contributed by atoms with Crippen molar-refractivity contribution in [1.82, 2.24) is 0 Å². The second kappa shape index (κ2) is 4.25. The predicted molar refractivity (Wildman–Crippen MR) is 71.4 cm³/mol. The Labute approximate surface area is 101 Å². The van der Waals surface area contributed by atoms with Crippen molar-refractivity contribution in [3.8, 4) is 0 Å². The van der Waals surface area contributed by atoms with Gasteiger partial charge in [0, 0.05) is 10.8 Å². The average Bonchev–Trinajstić information content (AvgIpc) is 2.29. The van der Waals surface area contributed by atoms with E-state index >= 15 is 0 Å². The molecule has 2 aliphatic rings. The van der Waals surface area contributed by atoms with E-state index in [2.05, 4.69) is 31.2 Å². The maximum absolute atomic E-state index is 4.88. The van der Waals surface area contributed by atoms with Gasteiger partial charge in [0.2, 0.25) is 0 Å². The van der Waals surface area contributed by atoms with Gasteiger partial charge in [-0.1, -0.05) is 36.2 Å². The molecule has 2 atom stereocenters. The predicted octanol–water partition coefficient (Wildman–Crippen LogP) is 3.80. The molecule has 3 rings (SSSR count). The van der Waals surface area contributed by atoms with E-state index in [0.717, 1.165) is 5.25 Å². The molecule has 1 nitrogen and oxygen atoms in total. The Balaban J connectivity index is 1.89. The number of thioether (sulfide) groups is 1. The molecule has 0 amide bonds. The maximum atomic E-state index is 4.88. The zero-order chi connectivity index (χ0) is 11.0. The number of nitrogens with zero attached hydrogens (tertiary/aromatic N) is 1. The SMILES string of the molecule is Cc1ccc(C2=NC3CCCC(C3)S2)cc1. The normalized spacial score (nSPS) is 28.7. The van der Waals surface area contributed by atoms with Gasteiger partial charge in [0.15, 0.2) is 0 Å². The molecule has 0 aromatic heterocycles. The fourth-order valence-corrected chi connectivity index (χ4v) is 3.94. The molecule has 0 N–H and O–H groups in total. The van der Waals surface area contributed by atoms with Crippen molar-refractivity contribution in [3.05, 3.63) is 35.4 Å². The molecule has 2 unspecified atom stereocenters. The molecule has 1 saturated carbocycles. The molecular formula is C14H17NS. The second-order valence-corrected chi connectivity index (χ2v) is 6.15. The van der Waals surface area contributed by atoms with Crippen molar-refractivity contribution in [2.24, 2.45) is 4.99 Å². The molecule has 0 spiro atoms. The molecule has 84 valence electrons. The van der Waals surface area contributed by atoms with Crippen LogP contribution < -0.4 is 0 Å². The Morgan fingerprint density at radius 3 is 2.75 bits per heavy atom. The van der Waals surface area contributed by atoms with Gasteiger partial charge in [-0.25, -0.2) is 0 Å². The van der Waals surface area contributed by atoms with Crippen LogP contribution in [0.3, 0.4) is 0 Å². The Bertz CT molecular complexity index is 407. The lowest BCUT2D eigenvalue weighted by Gasteiger charge is -2.32. The zero-order valence-corrected chi connectivity index (χ0v) is 10.5. The van der Waals surface area contributed by atoms with Crippen molar-refractivity contribution in [2.45, 2.75) is 43.9 Å². The Kier molecular flexibility index (Phi) is 2.76. The van der Waals surface area contributed by atoms with Crippen molar-refractivity contribution < 1.29 is 0 Å². The van der Waals surface area contributed by atoms with Crippen LogP contribution in [-0.2, 0) is 0 Å². The highest BCUT2D eigenvalue weighted by Crippen LogP contribution is 2.37. The first-order valence-electron chi connectivity index (χ1n) is 6.13. The minimum Gasteiger partial charge on any atom is -0.274 e. The number of hydrogen-bond acceptors (Lipinski definition) is 2. The minimum atomic E-state index is 0.608. The first-order valence-corrected chi connectivity index (χ1v) is 7.01. The van der Waals surface area contributed by atoms with Crippen LogP contribution in [0.5, 0.6) is 0 Å². The molecule has 0 radical (unpaired) electrons. The van der Waals surface area contributed by atoms with Gasteiger partial charge in [-0.15, -0.1) is 11.8 Å². The summed E-state index contributed by atoms with van der Waals surface area (Å²) in [5.41, 5.74) is 2.64. The fraction of sp³-hybridized carbons (Fsp3) is 0.500. The number of fused-ring (bicyclic) bond motifs is 2. The number of aliphatic imine (C=N–C) groups is 1.